The SMILES string of the molecule is CC1CC[C@@]2(C)C[C@H](CO)C(C)(C)[C@@H]2C1C. The van der Waals surface area contributed by atoms with Gasteiger partial charge in [-0.3, -0.25) is 0 Å². The van der Waals surface area contributed by atoms with E-state index in [0.717, 1.165) is 17.8 Å². The van der Waals surface area contributed by atoms with E-state index in [0.29, 0.717) is 23.4 Å². The molecule has 2 unspecified atom stereocenters. The summed E-state index contributed by atoms with van der Waals surface area (Å²) in [7, 11) is 0. The summed E-state index contributed by atoms with van der Waals surface area (Å²) in [6, 6.07) is 0. The third kappa shape index (κ3) is 1.54. The summed E-state index contributed by atoms with van der Waals surface area (Å²) < 4.78 is 0. The highest BCUT2D eigenvalue weighted by Crippen LogP contribution is 2.65. The summed E-state index contributed by atoms with van der Waals surface area (Å²) in [4.78, 5) is 0. The molecule has 2 fully saturated rings. The Balaban J connectivity index is 2.35. The van der Waals surface area contributed by atoms with E-state index in [4.69, 9.17) is 0 Å². The topological polar surface area (TPSA) is 20.2 Å². The summed E-state index contributed by atoms with van der Waals surface area (Å²) in [5.74, 6) is 2.97. The van der Waals surface area contributed by atoms with Crippen LogP contribution in [0.5, 0.6) is 0 Å². The Bertz CT molecular complexity index is 266. The molecular weight excluding hydrogens is 196 g/mol. The fraction of sp³-hybridized carbons (Fsp3) is 1.00. The van der Waals surface area contributed by atoms with Gasteiger partial charge in [-0.05, 0) is 53.8 Å². The largest absolute Gasteiger partial charge is 0.396 e. The number of aliphatic hydroxyl groups is 1. The van der Waals surface area contributed by atoms with Crippen LogP contribution in [0.2, 0.25) is 0 Å². The van der Waals surface area contributed by atoms with Crippen LogP contribution in [0.25, 0.3) is 0 Å². The van der Waals surface area contributed by atoms with Gasteiger partial charge in [-0.25, -0.2) is 0 Å². The Kier molecular flexibility index (Phi) is 2.89. The molecule has 2 aliphatic carbocycles. The highest BCUT2D eigenvalue weighted by atomic mass is 16.3. The molecule has 0 radical (unpaired) electrons. The van der Waals surface area contributed by atoms with Crippen molar-refractivity contribution in [2.75, 3.05) is 6.61 Å². The van der Waals surface area contributed by atoms with Crippen LogP contribution in [0.15, 0.2) is 0 Å². The van der Waals surface area contributed by atoms with E-state index in [1.807, 2.05) is 0 Å². The van der Waals surface area contributed by atoms with Gasteiger partial charge >= 0.3 is 0 Å². The Morgan fingerprint density at radius 1 is 1.19 bits per heavy atom. The van der Waals surface area contributed by atoms with Gasteiger partial charge in [-0.2, -0.15) is 0 Å². The highest BCUT2D eigenvalue weighted by molar-refractivity contribution is 5.07. The highest BCUT2D eigenvalue weighted by Gasteiger charge is 2.58. The van der Waals surface area contributed by atoms with Gasteiger partial charge in [-0.15, -0.1) is 0 Å². The van der Waals surface area contributed by atoms with Crippen molar-refractivity contribution in [3.05, 3.63) is 0 Å². The lowest BCUT2D eigenvalue weighted by molar-refractivity contribution is -0.00494. The fourth-order valence-electron chi connectivity index (χ4n) is 5.12. The minimum atomic E-state index is 0.317. The minimum Gasteiger partial charge on any atom is -0.396 e. The van der Waals surface area contributed by atoms with E-state index in [1.165, 1.54) is 19.3 Å². The number of rotatable bonds is 1. The molecule has 1 heteroatoms. The summed E-state index contributed by atoms with van der Waals surface area (Å²) in [6.07, 6.45) is 3.98. The third-order valence-corrected chi connectivity index (χ3v) is 6.13. The van der Waals surface area contributed by atoms with Crippen LogP contribution < -0.4 is 0 Å². The number of hydrogen-bond donors (Lipinski definition) is 1. The lowest BCUT2D eigenvalue weighted by Crippen LogP contribution is -2.42. The molecule has 0 spiro atoms. The smallest absolute Gasteiger partial charge is 0.0464 e. The first-order chi connectivity index (χ1) is 7.33. The zero-order valence-corrected chi connectivity index (χ0v) is 11.6. The zero-order chi connectivity index (χ0) is 12.1. The van der Waals surface area contributed by atoms with Crippen LogP contribution in [0.3, 0.4) is 0 Å². The Morgan fingerprint density at radius 3 is 2.38 bits per heavy atom. The van der Waals surface area contributed by atoms with Gasteiger partial charge in [0.25, 0.3) is 0 Å². The van der Waals surface area contributed by atoms with E-state index in [2.05, 4.69) is 34.6 Å². The molecule has 2 rings (SSSR count). The van der Waals surface area contributed by atoms with Crippen molar-refractivity contribution in [3.8, 4) is 0 Å². The maximum Gasteiger partial charge on any atom is 0.0464 e. The number of hydrogen-bond acceptors (Lipinski definition) is 1. The van der Waals surface area contributed by atoms with E-state index in [9.17, 15) is 5.11 Å². The third-order valence-electron chi connectivity index (χ3n) is 6.13. The van der Waals surface area contributed by atoms with E-state index in [1.54, 1.807) is 0 Å². The molecule has 0 saturated heterocycles. The summed E-state index contributed by atoms with van der Waals surface area (Å²) in [6.45, 7) is 12.5. The summed E-state index contributed by atoms with van der Waals surface area (Å²) >= 11 is 0. The maximum absolute atomic E-state index is 9.62. The molecule has 0 aliphatic heterocycles. The van der Waals surface area contributed by atoms with Gasteiger partial charge in [0.1, 0.15) is 0 Å². The molecule has 0 heterocycles. The lowest BCUT2D eigenvalue weighted by Gasteiger charge is -2.49. The Labute approximate surface area is 101 Å². The molecule has 1 nitrogen and oxygen atoms in total. The first kappa shape index (κ1) is 12.4. The molecule has 0 amide bonds. The van der Waals surface area contributed by atoms with Crippen molar-refractivity contribution >= 4 is 0 Å². The number of fused-ring (bicyclic) bond motifs is 1. The molecule has 16 heavy (non-hydrogen) atoms. The van der Waals surface area contributed by atoms with Crippen LogP contribution in [0.4, 0.5) is 0 Å². The quantitative estimate of drug-likeness (QED) is 0.720. The second-order valence-electron chi connectivity index (χ2n) is 7.41. The van der Waals surface area contributed by atoms with Gasteiger partial charge < -0.3 is 5.11 Å². The van der Waals surface area contributed by atoms with Gasteiger partial charge in [-0.1, -0.05) is 34.6 Å². The molecular formula is C15H28O. The van der Waals surface area contributed by atoms with Crippen LogP contribution in [0, 0.1) is 34.5 Å². The Hall–Kier alpha value is -0.0400. The maximum atomic E-state index is 9.62. The van der Waals surface area contributed by atoms with Crippen LogP contribution >= 0.6 is 0 Å². The van der Waals surface area contributed by atoms with E-state index < -0.39 is 0 Å². The van der Waals surface area contributed by atoms with Crippen molar-refractivity contribution in [3.63, 3.8) is 0 Å². The molecule has 0 bridgehead atoms. The molecule has 94 valence electrons. The second-order valence-corrected chi connectivity index (χ2v) is 7.41. The average molecular weight is 224 g/mol. The van der Waals surface area contributed by atoms with Gasteiger partial charge in [0.05, 0.1) is 0 Å². The number of aliphatic hydroxyl groups excluding tert-OH is 1. The molecule has 0 aromatic rings. The van der Waals surface area contributed by atoms with Gasteiger partial charge in [0, 0.05) is 6.61 Å². The molecule has 0 aromatic carbocycles. The predicted octanol–water partition coefficient (Wildman–Crippen LogP) is 3.71. The first-order valence-corrected chi connectivity index (χ1v) is 6.94. The summed E-state index contributed by atoms with van der Waals surface area (Å²) in [5.41, 5.74) is 0.806. The molecule has 2 aliphatic rings. The normalized spacial score (nSPS) is 51.4. The molecule has 2 saturated carbocycles. The zero-order valence-electron chi connectivity index (χ0n) is 11.6. The van der Waals surface area contributed by atoms with Crippen LogP contribution in [-0.2, 0) is 0 Å². The average Bonchev–Trinajstić information content (AvgIpc) is 2.41. The van der Waals surface area contributed by atoms with Crippen molar-refractivity contribution in [1.82, 2.24) is 0 Å². The van der Waals surface area contributed by atoms with E-state index >= 15 is 0 Å². The van der Waals surface area contributed by atoms with Crippen molar-refractivity contribution in [2.24, 2.45) is 34.5 Å². The fourth-order valence-corrected chi connectivity index (χ4v) is 5.12. The van der Waals surface area contributed by atoms with Gasteiger partial charge in [0.2, 0.25) is 0 Å². The monoisotopic (exact) mass is 224 g/mol. The van der Waals surface area contributed by atoms with Gasteiger partial charge in [0.15, 0.2) is 0 Å². The second kappa shape index (κ2) is 3.73. The molecule has 5 atom stereocenters. The predicted molar refractivity (Wildman–Crippen MR) is 68.1 cm³/mol. The lowest BCUT2D eigenvalue weighted by atomic mass is 9.56. The first-order valence-electron chi connectivity index (χ1n) is 6.94. The minimum absolute atomic E-state index is 0.317. The Morgan fingerprint density at radius 2 is 1.81 bits per heavy atom. The van der Waals surface area contributed by atoms with Crippen molar-refractivity contribution in [2.45, 2.75) is 53.9 Å². The van der Waals surface area contributed by atoms with E-state index in [-0.39, 0.29) is 0 Å². The molecule has 0 aromatic heterocycles. The molecule has 1 N–H and O–H groups in total. The van der Waals surface area contributed by atoms with Crippen LogP contribution in [0.1, 0.15) is 53.9 Å². The van der Waals surface area contributed by atoms with Crippen LogP contribution in [-0.4, -0.2) is 11.7 Å². The van der Waals surface area contributed by atoms with Crippen molar-refractivity contribution < 1.29 is 5.11 Å². The van der Waals surface area contributed by atoms with Crippen molar-refractivity contribution in [1.29, 1.82) is 0 Å². The summed E-state index contributed by atoms with van der Waals surface area (Å²) in [5, 5.41) is 9.62. The standard InChI is InChI=1S/C15H28O/c1-10-6-7-15(5)8-12(9-16)14(3,4)13(15)11(10)2/h10-13,16H,6-9H2,1-5H3/t10?,11?,12-,13+,15+/m1/s1.